The molecule has 0 saturated carbocycles. The predicted octanol–water partition coefficient (Wildman–Crippen LogP) is -2.16. The molecule has 5 N–H and O–H groups in total. The smallest absolute Gasteiger partial charge is 0.369 e. The second kappa shape index (κ2) is 2.83. The molecule has 8 nitrogen and oxygen atoms in total. The topological polar surface area (TPSA) is 131 Å². The van der Waals surface area contributed by atoms with Gasteiger partial charge in [0.25, 0.3) is 12.1 Å². The molecule has 3 unspecified atom stereocenters. The Balaban J connectivity index is 2.26. The number of hydrogen-bond acceptors (Lipinski definition) is 7. The van der Waals surface area contributed by atoms with Crippen molar-refractivity contribution < 1.29 is 33.5 Å². The number of nitrogens with two attached hydrogens (primary N) is 1. The standard InChI is InChI=1S/C5H8NO7P/c6-3(7)2-1-11-4-5(2,8)13-14(9,10)12-4/h2,4,8-10H,1H2,(H-,6,7)/p+1. The van der Waals surface area contributed by atoms with E-state index >= 15 is 0 Å². The van der Waals surface area contributed by atoms with Crippen LogP contribution in [-0.2, 0) is 18.6 Å². The van der Waals surface area contributed by atoms with E-state index in [-0.39, 0.29) is 6.61 Å². The fourth-order valence-corrected chi connectivity index (χ4v) is 2.52. The average Bonchev–Trinajstić information content (AvgIpc) is 2.35. The van der Waals surface area contributed by atoms with Crippen molar-refractivity contribution in [1.82, 2.24) is 0 Å². The molecule has 0 aliphatic carbocycles. The highest BCUT2D eigenvalue weighted by Crippen LogP contribution is 2.66. The summed E-state index contributed by atoms with van der Waals surface area (Å²) in [6.07, 6.45) is -1.39. The quantitative estimate of drug-likeness (QED) is 0.374. The second-order valence-electron chi connectivity index (χ2n) is 3.06. The molecule has 3 atom stereocenters. The van der Waals surface area contributed by atoms with Crippen molar-refractivity contribution in [2.45, 2.75) is 12.1 Å². The van der Waals surface area contributed by atoms with Crippen molar-refractivity contribution in [3.8, 4) is 0 Å². The molecule has 80 valence electrons. The summed E-state index contributed by atoms with van der Waals surface area (Å²) in [6, 6.07) is 0. The van der Waals surface area contributed by atoms with Gasteiger partial charge in [-0.25, -0.2) is 0 Å². The van der Waals surface area contributed by atoms with Crippen LogP contribution in [0.5, 0.6) is 0 Å². The Morgan fingerprint density at radius 2 is 2.21 bits per heavy atom. The third kappa shape index (κ3) is 1.32. The summed E-state index contributed by atoms with van der Waals surface area (Å²) in [5.41, 5.74) is 4.96. The molecule has 2 aliphatic rings. The zero-order valence-corrected chi connectivity index (χ0v) is 7.76. The van der Waals surface area contributed by atoms with Crippen LogP contribution in [0.1, 0.15) is 0 Å². The molecule has 0 aromatic carbocycles. The van der Waals surface area contributed by atoms with Gasteiger partial charge in [-0.05, 0) is 0 Å². The molecule has 0 spiro atoms. The van der Waals surface area contributed by atoms with Gasteiger partial charge in [-0.2, -0.15) is 9.79 Å². The molecule has 2 rings (SSSR count). The minimum Gasteiger partial charge on any atom is -0.369 e. The van der Waals surface area contributed by atoms with Crippen LogP contribution in [-0.4, -0.2) is 39.5 Å². The van der Waals surface area contributed by atoms with E-state index in [0.717, 1.165) is 0 Å². The number of rotatable bonds is 1. The number of amides is 1. The fourth-order valence-electron chi connectivity index (χ4n) is 1.42. The van der Waals surface area contributed by atoms with E-state index in [0.29, 0.717) is 0 Å². The first-order valence-electron chi connectivity index (χ1n) is 3.72. The van der Waals surface area contributed by atoms with Crippen molar-refractivity contribution >= 4 is 14.1 Å². The summed E-state index contributed by atoms with van der Waals surface area (Å²) in [5.74, 6) is -4.22. The van der Waals surface area contributed by atoms with Gasteiger partial charge in [0.05, 0.1) is 6.61 Å². The van der Waals surface area contributed by atoms with Gasteiger partial charge in [-0.1, -0.05) is 0 Å². The predicted molar refractivity (Wildman–Crippen MR) is 40.9 cm³/mol. The first-order valence-corrected chi connectivity index (χ1v) is 5.25. The summed E-state index contributed by atoms with van der Waals surface area (Å²) >= 11 is 0. The molecule has 9 heteroatoms. The van der Waals surface area contributed by atoms with Gasteiger partial charge in [0, 0.05) is 0 Å². The minimum absolute atomic E-state index is 0.184. The minimum atomic E-state index is -4.10. The van der Waals surface area contributed by atoms with Crippen LogP contribution >= 0.6 is 8.17 Å². The molecule has 0 bridgehead atoms. The van der Waals surface area contributed by atoms with Crippen LogP contribution in [0.4, 0.5) is 0 Å². The lowest BCUT2D eigenvalue weighted by Crippen LogP contribution is -2.47. The van der Waals surface area contributed by atoms with E-state index < -0.39 is 32.1 Å². The van der Waals surface area contributed by atoms with Crippen molar-refractivity contribution in [1.29, 1.82) is 0 Å². The zero-order valence-electron chi connectivity index (χ0n) is 6.86. The molecule has 14 heavy (non-hydrogen) atoms. The van der Waals surface area contributed by atoms with Gasteiger partial charge in [0.15, 0.2) is 0 Å². The SMILES string of the molecule is NC(=O)C1COC2O[P+](O)(O)OC21O. The van der Waals surface area contributed by atoms with E-state index in [1.165, 1.54) is 0 Å². The maximum absolute atomic E-state index is 10.9. The summed E-state index contributed by atoms with van der Waals surface area (Å²) in [5, 5.41) is 9.73. The molecule has 0 aromatic rings. The average molecular weight is 226 g/mol. The van der Waals surface area contributed by atoms with Crippen molar-refractivity contribution in [2.75, 3.05) is 6.61 Å². The third-order valence-electron chi connectivity index (χ3n) is 2.09. The maximum atomic E-state index is 10.9. The highest BCUT2D eigenvalue weighted by Gasteiger charge is 2.73. The summed E-state index contributed by atoms with van der Waals surface area (Å²) in [6.45, 7) is -0.184. The zero-order chi connectivity index (χ0) is 10.6. The summed E-state index contributed by atoms with van der Waals surface area (Å²) in [7, 11) is -4.10. The van der Waals surface area contributed by atoms with Crippen molar-refractivity contribution in [3.63, 3.8) is 0 Å². The highest BCUT2D eigenvalue weighted by atomic mass is 31.2. The van der Waals surface area contributed by atoms with Crippen LogP contribution in [0, 0.1) is 5.92 Å². The van der Waals surface area contributed by atoms with Gasteiger partial charge in [-0.3, -0.25) is 4.79 Å². The Kier molecular flexibility index (Phi) is 2.06. The summed E-state index contributed by atoms with van der Waals surface area (Å²) in [4.78, 5) is 28.8. The van der Waals surface area contributed by atoms with Gasteiger partial charge >= 0.3 is 8.17 Å². The molecule has 0 radical (unpaired) electrons. The second-order valence-corrected chi connectivity index (χ2v) is 4.43. The normalized spacial score (nSPS) is 45.1. The number of fused-ring (bicyclic) bond motifs is 1. The molecule has 2 heterocycles. The number of ether oxygens (including phenoxy) is 1. The first-order chi connectivity index (χ1) is 6.35. The number of carbonyl (C=O) groups excluding carboxylic acids is 1. The van der Waals surface area contributed by atoms with E-state index in [1.54, 1.807) is 0 Å². The fraction of sp³-hybridized carbons (Fsp3) is 0.800. The number of aliphatic hydroxyl groups is 1. The van der Waals surface area contributed by atoms with Gasteiger partial charge in [0.2, 0.25) is 5.91 Å². The monoisotopic (exact) mass is 226 g/mol. The lowest BCUT2D eigenvalue weighted by Gasteiger charge is -2.17. The molecular weight excluding hydrogens is 217 g/mol. The highest BCUT2D eigenvalue weighted by molar-refractivity contribution is 7.54. The van der Waals surface area contributed by atoms with E-state index in [1.807, 2.05) is 0 Å². The lowest BCUT2D eigenvalue weighted by atomic mass is 10.0. The third-order valence-corrected chi connectivity index (χ3v) is 3.09. The molecule has 2 fully saturated rings. The van der Waals surface area contributed by atoms with E-state index in [2.05, 4.69) is 9.05 Å². The van der Waals surface area contributed by atoms with E-state index in [4.69, 9.17) is 20.3 Å². The van der Waals surface area contributed by atoms with Gasteiger partial charge in [-0.15, -0.1) is 9.05 Å². The van der Waals surface area contributed by atoms with Crippen LogP contribution in [0.2, 0.25) is 0 Å². The van der Waals surface area contributed by atoms with Crippen molar-refractivity contribution in [2.24, 2.45) is 11.7 Å². The molecule has 1 amide bonds. The molecule has 2 aliphatic heterocycles. The Bertz CT molecular complexity index is 283. The largest absolute Gasteiger partial charge is 0.576 e. The van der Waals surface area contributed by atoms with Crippen molar-refractivity contribution in [3.05, 3.63) is 0 Å². The summed E-state index contributed by atoms with van der Waals surface area (Å²) < 4.78 is 13.7. The number of primary amides is 1. The Morgan fingerprint density at radius 1 is 1.57 bits per heavy atom. The maximum Gasteiger partial charge on any atom is 0.576 e. The molecule has 2 saturated heterocycles. The number of hydrogen-bond donors (Lipinski definition) is 4. The van der Waals surface area contributed by atoms with Crippen LogP contribution in [0.25, 0.3) is 0 Å². The Labute approximate surface area is 78.8 Å². The first kappa shape index (κ1) is 10.2. The van der Waals surface area contributed by atoms with E-state index in [9.17, 15) is 9.90 Å². The van der Waals surface area contributed by atoms with Crippen LogP contribution in [0.15, 0.2) is 0 Å². The Hall–Kier alpha value is -0.340. The van der Waals surface area contributed by atoms with Gasteiger partial charge in [0.1, 0.15) is 5.92 Å². The molecule has 0 aromatic heterocycles. The Morgan fingerprint density at radius 3 is 2.79 bits per heavy atom. The van der Waals surface area contributed by atoms with Crippen LogP contribution < -0.4 is 5.73 Å². The lowest BCUT2D eigenvalue weighted by molar-refractivity contribution is -0.205. The van der Waals surface area contributed by atoms with Crippen LogP contribution in [0.3, 0.4) is 0 Å². The number of carbonyl (C=O) groups is 1. The molecular formula is C5H9NO7P+. The van der Waals surface area contributed by atoms with Gasteiger partial charge < -0.3 is 15.6 Å².